The van der Waals surface area contributed by atoms with Gasteiger partial charge in [-0.3, -0.25) is 0 Å². The largest absolute Gasteiger partial charge is 0.494 e. The third-order valence-electron chi connectivity index (χ3n) is 2.86. The van der Waals surface area contributed by atoms with Crippen molar-refractivity contribution in [2.75, 3.05) is 36.3 Å². The summed E-state index contributed by atoms with van der Waals surface area (Å²) in [6.45, 7) is 0.833. The van der Waals surface area contributed by atoms with Crippen molar-refractivity contribution in [2.24, 2.45) is 0 Å². The molecule has 0 aromatic heterocycles. The molecule has 1 aliphatic heterocycles. The maximum Gasteiger partial charge on any atom is 0.167 e. The van der Waals surface area contributed by atoms with E-state index in [9.17, 15) is 4.39 Å². The van der Waals surface area contributed by atoms with Crippen LogP contribution in [-0.4, -0.2) is 31.7 Å². The first-order valence-corrected chi connectivity index (χ1v) is 7.01. The lowest BCUT2D eigenvalue weighted by Crippen LogP contribution is -2.33. The summed E-state index contributed by atoms with van der Waals surface area (Å²) in [5, 5.41) is 6.66. The molecule has 5 heteroatoms. The Bertz CT molecular complexity index is 400. The van der Waals surface area contributed by atoms with Gasteiger partial charge in [0.05, 0.1) is 18.5 Å². The monoisotopic (exact) mass is 256 g/mol. The Balaban J connectivity index is 2.13. The Morgan fingerprint density at radius 1 is 1.47 bits per heavy atom. The quantitative estimate of drug-likeness (QED) is 0.868. The first kappa shape index (κ1) is 12.4. The molecule has 1 aromatic rings. The van der Waals surface area contributed by atoms with Crippen LogP contribution in [0.15, 0.2) is 12.1 Å². The zero-order valence-corrected chi connectivity index (χ0v) is 10.9. The van der Waals surface area contributed by atoms with E-state index in [0.29, 0.717) is 6.04 Å². The van der Waals surface area contributed by atoms with Gasteiger partial charge in [0.25, 0.3) is 0 Å². The number of rotatable bonds is 4. The molecule has 1 aliphatic rings. The molecule has 1 unspecified atom stereocenters. The first-order chi connectivity index (χ1) is 8.24. The lowest BCUT2D eigenvalue weighted by atomic mass is 10.1. The minimum Gasteiger partial charge on any atom is -0.494 e. The SMILES string of the molecule is COc1cc2c(cc1F)NCC(CCSC)N2. The number of thioether (sulfide) groups is 1. The average molecular weight is 256 g/mol. The molecule has 0 saturated carbocycles. The van der Waals surface area contributed by atoms with Gasteiger partial charge in [0.15, 0.2) is 11.6 Å². The number of ether oxygens (including phenoxy) is 1. The molecule has 0 amide bonds. The van der Waals surface area contributed by atoms with Gasteiger partial charge in [-0.25, -0.2) is 4.39 Å². The zero-order valence-electron chi connectivity index (χ0n) is 10.0. The van der Waals surface area contributed by atoms with Crippen LogP contribution in [0, 0.1) is 5.82 Å². The van der Waals surface area contributed by atoms with Crippen molar-refractivity contribution in [3.05, 3.63) is 17.9 Å². The number of hydrogen-bond acceptors (Lipinski definition) is 4. The van der Waals surface area contributed by atoms with Crippen LogP contribution in [-0.2, 0) is 0 Å². The van der Waals surface area contributed by atoms with E-state index in [4.69, 9.17) is 4.74 Å². The molecule has 2 N–H and O–H groups in total. The van der Waals surface area contributed by atoms with E-state index in [0.717, 1.165) is 30.1 Å². The fourth-order valence-electron chi connectivity index (χ4n) is 1.91. The van der Waals surface area contributed by atoms with Crippen molar-refractivity contribution in [1.29, 1.82) is 0 Å². The second-order valence-corrected chi connectivity index (χ2v) is 5.02. The minimum absolute atomic E-state index is 0.281. The van der Waals surface area contributed by atoms with Crippen molar-refractivity contribution < 1.29 is 9.13 Å². The molecule has 17 heavy (non-hydrogen) atoms. The van der Waals surface area contributed by atoms with Crippen LogP contribution in [0.5, 0.6) is 5.75 Å². The second-order valence-electron chi connectivity index (χ2n) is 4.04. The minimum atomic E-state index is -0.330. The van der Waals surface area contributed by atoms with Gasteiger partial charge in [0.1, 0.15) is 0 Å². The highest BCUT2D eigenvalue weighted by molar-refractivity contribution is 7.98. The Morgan fingerprint density at radius 3 is 3.00 bits per heavy atom. The highest BCUT2D eigenvalue weighted by Gasteiger charge is 2.19. The normalized spacial score (nSPS) is 17.9. The number of methoxy groups -OCH3 is 1. The van der Waals surface area contributed by atoms with E-state index >= 15 is 0 Å². The van der Waals surface area contributed by atoms with Crippen LogP contribution < -0.4 is 15.4 Å². The van der Waals surface area contributed by atoms with Crippen molar-refractivity contribution >= 4 is 23.1 Å². The summed E-state index contributed by atoms with van der Waals surface area (Å²) in [4.78, 5) is 0. The summed E-state index contributed by atoms with van der Waals surface area (Å²) in [6, 6.07) is 3.58. The molecule has 1 aromatic carbocycles. The van der Waals surface area contributed by atoms with Crippen molar-refractivity contribution in [1.82, 2.24) is 0 Å². The lowest BCUT2D eigenvalue weighted by molar-refractivity contribution is 0.386. The number of fused-ring (bicyclic) bond motifs is 1. The zero-order chi connectivity index (χ0) is 12.3. The fraction of sp³-hybridized carbons (Fsp3) is 0.500. The summed E-state index contributed by atoms with van der Waals surface area (Å²) < 4.78 is 18.5. The molecular formula is C12H17FN2OS. The third-order valence-corrected chi connectivity index (χ3v) is 3.50. The molecule has 1 atom stereocenters. The molecule has 1 heterocycles. The second kappa shape index (κ2) is 5.49. The lowest BCUT2D eigenvalue weighted by Gasteiger charge is -2.28. The van der Waals surface area contributed by atoms with E-state index in [2.05, 4.69) is 16.9 Å². The van der Waals surface area contributed by atoms with Crippen molar-refractivity contribution in [3.63, 3.8) is 0 Å². The van der Waals surface area contributed by atoms with Gasteiger partial charge in [0, 0.05) is 24.7 Å². The number of halogens is 1. The molecule has 0 aliphatic carbocycles. The van der Waals surface area contributed by atoms with Gasteiger partial charge in [-0.2, -0.15) is 11.8 Å². The Labute approximate surface area is 105 Å². The molecule has 0 fully saturated rings. The molecule has 0 spiro atoms. The van der Waals surface area contributed by atoms with Gasteiger partial charge in [-0.1, -0.05) is 0 Å². The van der Waals surface area contributed by atoms with Crippen LogP contribution in [0.2, 0.25) is 0 Å². The summed E-state index contributed by atoms with van der Waals surface area (Å²) in [5.74, 6) is 1.07. The van der Waals surface area contributed by atoms with E-state index in [1.54, 1.807) is 6.07 Å². The van der Waals surface area contributed by atoms with E-state index < -0.39 is 0 Å². The molecule has 94 valence electrons. The third kappa shape index (κ3) is 2.77. The van der Waals surface area contributed by atoms with E-state index in [1.165, 1.54) is 13.2 Å². The van der Waals surface area contributed by atoms with Crippen LogP contribution in [0.4, 0.5) is 15.8 Å². The molecular weight excluding hydrogens is 239 g/mol. The Hall–Kier alpha value is -1.10. The topological polar surface area (TPSA) is 33.3 Å². The first-order valence-electron chi connectivity index (χ1n) is 5.61. The molecule has 2 rings (SSSR count). The van der Waals surface area contributed by atoms with Crippen LogP contribution in [0.1, 0.15) is 6.42 Å². The number of anilines is 2. The van der Waals surface area contributed by atoms with Gasteiger partial charge >= 0.3 is 0 Å². The van der Waals surface area contributed by atoms with Gasteiger partial charge in [0.2, 0.25) is 0 Å². The van der Waals surface area contributed by atoms with E-state index in [1.807, 2.05) is 11.8 Å². The summed E-state index contributed by atoms with van der Waals surface area (Å²) >= 11 is 1.83. The molecule has 0 radical (unpaired) electrons. The number of nitrogens with one attached hydrogen (secondary N) is 2. The molecule has 0 saturated heterocycles. The summed E-state index contributed by atoms with van der Waals surface area (Å²) in [5.41, 5.74) is 1.73. The Morgan fingerprint density at radius 2 is 2.29 bits per heavy atom. The maximum atomic E-state index is 13.5. The predicted molar refractivity (Wildman–Crippen MR) is 71.9 cm³/mol. The van der Waals surface area contributed by atoms with E-state index in [-0.39, 0.29) is 11.6 Å². The maximum absolute atomic E-state index is 13.5. The standard InChI is InChI=1S/C12H17FN2OS/c1-16-12-6-11-10(5-9(12)13)14-7-8(15-11)3-4-17-2/h5-6,8,14-15H,3-4,7H2,1-2H3. The van der Waals surface area contributed by atoms with Crippen LogP contribution >= 0.6 is 11.8 Å². The highest BCUT2D eigenvalue weighted by atomic mass is 32.2. The summed E-state index contributed by atoms with van der Waals surface area (Å²) in [7, 11) is 1.48. The van der Waals surface area contributed by atoms with Crippen LogP contribution in [0.25, 0.3) is 0 Å². The number of hydrogen-bond donors (Lipinski definition) is 2. The predicted octanol–water partition coefficient (Wildman–Crippen LogP) is 2.79. The molecule has 3 nitrogen and oxygen atoms in total. The van der Waals surface area contributed by atoms with Crippen molar-refractivity contribution in [3.8, 4) is 5.75 Å². The van der Waals surface area contributed by atoms with Gasteiger partial charge in [-0.05, 0) is 18.4 Å². The smallest absolute Gasteiger partial charge is 0.167 e. The van der Waals surface area contributed by atoms with Crippen molar-refractivity contribution in [2.45, 2.75) is 12.5 Å². The average Bonchev–Trinajstić information content (AvgIpc) is 2.35. The number of benzene rings is 1. The summed E-state index contributed by atoms with van der Waals surface area (Å²) in [6.07, 6.45) is 3.19. The van der Waals surface area contributed by atoms with Gasteiger partial charge < -0.3 is 15.4 Å². The van der Waals surface area contributed by atoms with Gasteiger partial charge in [-0.15, -0.1) is 0 Å². The highest BCUT2D eigenvalue weighted by Crippen LogP contribution is 2.33. The Kier molecular flexibility index (Phi) is 3.99. The fourth-order valence-corrected chi connectivity index (χ4v) is 2.43. The van der Waals surface area contributed by atoms with Crippen LogP contribution in [0.3, 0.4) is 0 Å². The molecule has 0 bridgehead atoms.